The van der Waals surface area contributed by atoms with Crippen LogP contribution in [0.15, 0.2) is 0 Å². The van der Waals surface area contributed by atoms with E-state index in [4.69, 9.17) is 4.74 Å². The third-order valence-corrected chi connectivity index (χ3v) is 6.18. The van der Waals surface area contributed by atoms with Crippen LogP contribution in [0, 0.1) is 11.3 Å². The molecule has 0 aromatic carbocycles. The van der Waals surface area contributed by atoms with E-state index in [1.165, 1.54) is 37.9 Å². The van der Waals surface area contributed by atoms with Crippen molar-refractivity contribution in [1.82, 2.24) is 5.32 Å². The number of thioether (sulfide) groups is 1. The Hall–Kier alpha value is 0.270. The molecule has 2 spiro atoms. The van der Waals surface area contributed by atoms with E-state index in [9.17, 15) is 0 Å². The molecule has 0 radical (unpaired) electrons. The largest absolute Gasteiger partial charge is 0.359 e. The van der Waals surface area contributed by atoms with Crippen molar-refractivity contribution in [3.05, 3.63) is 0 Å². The van der Waals surface area contributed by atoms with Crippen LogP contribution in [-0.2, 0) is 4.74 Å². The fourth-order valence-corrected chi connectivity index (χ4v) is 4.94. The quantitative estimate of drug-likeness (QED) is 0.778. The first-order valence-corrected chi connectivity index (χ1v) is 8.31. The minimum Gasteiger partial charge on any atom is -0.359 e. The van der Waals surface area contributed by atoms with Crippen LogP contribution >= 0.6 is 11.8 Å². The molecule has 2 unspecified atom stereocenters. The number of hydrogen-bond acceptors (Lipinski definition) is 3. The molecule has 2 heterocycles. The molecule has 1 N–H and O–H groups in total. The van der Waals surface area contributed by atoms with Gasteiger partial charge in [0.2, 0.25) is 0 Å². The summed E-state index contributed by atoms with van der Waals surface area (Å²) in [6, 6.07) is 0.670. The molecule has 2 atom stereocenters. The molecule has 2 saturated heterocycles. The standard InChI is InChI=1S/C14H25NOS/c1-11(2)12-13(5-3-6-13)9-16-14(15-12)7-4-8-17-10-14/h11-12,15H,3-10H2,1-2H3. The molecule has 1 aliphatic carbocycles. The van der Waals surface area contributed by atoms with Crippen LogP contribution in [0.2, 0.25) is 0 Å². The average molecular weight is 255 g/mol. The predicted octanol–water partition coefficient (Wildman–Crippen LogP) is 3.02. The topological polar surface area (TPSA) is 21.3 Å². The van der Waals surface area contributed by atoms with E-state index in [1.807, 2.05) is 0 Å². The minimum atomic E-state index is 0.0126. The van der Waals surface area contributed by atoms with Crippen molar-refractivity contribution in [2.24, 2.45) is 11.3 Å². The van der Waals surface area contributed by atoms with E-state index in [-0.39, 0.29) is 5.72 Å². The summed E-state index contributed by atoms with van der Waals surface area (Å²) >= 11 is 2.05. The van der Waals surface area contributed by atoms with Crippen LogP contribution < -0.4 is 5.32 Å². The molecule has 17 heavy (non-hydrogen) atoms. The molecule has 0 aromatic rings. The van der Waals surface area contributed by atoms with Gasteiger partial charge in [-0.1, -0.05) is 20.3 Å². The first-order valence-electron chi connectivity index (χ1n) is 7.15. The highest BCUT2D eigenvalue weighted by Crippen LogP contribution is 2.50. The van der Waals surface area contributed by atoms with Crippen LogP contribution in [0.4, 0.5) is 0 Å². The van der Waals surface area contributed by atoms with E-state index >= 15 is 0 Å². The summed E-state index contributed by atoms with van der Waals surface area (Å²) in [5.74, 6) is 3.18. The zero-order chi connectivity index (χ0) is 11.9. The Morgan fingerprint density at radius 2 is 2.06 bits per heavy atom. The van der Waals surface area contributed by atoms with Crippen LogP contribution in [-0.4, -0.2) is 29.9 Å². The van der Waals surface area contributed by atoms with E-state index in [0.29, 0.717) is 11.5 Å². The van der Waals surface area contributed by atoms with Gasteiger partial charge in [0.1, 0.15) is 5.72 Å². The number of hydrogen-bond donors (Lipinski definition) is 1. The zero-order valence-corrected chi connectivity index (χ0v) is 11.9. The first kappa shape index (κ1) is 12.3. The van der Waals surface area contributed by atoms with Gasteiger partial charge in [0.25, 0.3) is 0 Å². The first-order chi connectivity index (χ1) is 8.16. The molecular weight excluding hydrogens is 230 g/mol. The lowest BCUT2D eigenvalue weighted by molar-refractivity contribution is -0.189. The summed E-state index contributed by atoms with van der Waals surface area (Å²) in [5, 5.41) is 3.92. The van der Waals surface area contributed by atoms with Crippen molar-refractivity contribution in [1.29, 1.82) is 0 Å². The Kier molecular flexibility index (Phi) is 3.21. The lowest BCUT2D eigenvalue weighted by Gasteiger charge is -2.58. The highest BCUT2D eigenvalue weighted by Gasteiger charge is 2.53. The van der Waals surface area contributed by atoms with Gasteiger partial charge in [-0.3, -0.25) is 5.32 Å². The lowest BCUT2D eigenvalue weighted by atomic mass is 9.61. The summed E-state index contributed by atoms with van der Waals surface area (Å²) in [6.07, 6.45) is 6.64. The number of nitrogens with one attached hydrogen (secondary N) is 1. The van der Waals surface area contributed by atoms with Crippen molar-refractivity contribution in [2.75, 3.05) is 18.1 Å². The maximum absolute atomic E-state index is 6.31. The summed E-state index contributed by atoms with van der Waals surface area (Å²) in [7, 11) is 0. The summed E-state index contributed by atoms with van der Waals surface area (Å²) in [6.45, 7) is 5.74. The Balaban J connectivity index is 1.76. The Labute approximate surface area is 109 Å². The molecule has 3 rings (SSSR count). The average Bonchev–Trinajstić information content (AvgIpc) is 2.28. The van der Waals surface area contributed by atoms with E-state index in [2.05, 4.69) is 30.9 Å². The molecule has 2 nitrogen and oxygen atoms in total. The summed E-state index contributed by atoms with van der Waals surface area (Å²) < 4.78 is 6.31. The fraction of sp³-hybridized carbons (Fsp3) is 1.00. The van der Waals surface area contributed by atoms with Gasteiger partial charge in [-0.15, -0.1) is 0 Å². The second-order valence-electron chi connectivity index (χ2n) is 6.52. The van der Waals surface area contributed by atoms with Crippen LogP contribution in [0.25, 0.3) is 0 Å². The summed E-state index contributed by atoms with van der Waals surface area (Å²) in [4.78, 5) is 0. The highest BCUT2D eigenvalue weighted by atomic mass is 32.2. The lowest BCUT2D eigenvalue weighted by Crippen LogP contribution is -2.69. The fourth-order valence-electron chi connectivity index (χ4n) is 3.81. The Morgan fingerprint density at radius 3 is 2.59 bits per heavy atom. The normalized spacial score (nSPS) is 40.8. The van der Waals surface area contributed by atoms with E-state index < -0.39 is 0 Å². The van der Waals surface area contributed by atoms with Gasteiger partial charge in [-0.25, -0.2) is 0 Å². The van der Waals surface area contributed by atoms with E-state index in [0.717, 1.165) is 18.3 Å². The second-order valence-corrected chi connectivity index (χ2v) is 7.63. The summed E-state index contributed by atoms with van der Waals surface area (Å²) in [5.41, 5.74) is 0.486. The van der Waals surface area contributed by atoms with Gasteiger partial charge in [-0.2, -0.15) is 11.8 Å². The van der Waals surface area contributed by atoms with Crippen LogP contribution in [0.3, 0.4) is 0 Å². The molecule has 3 aliphatic rings. The molecule has 0 amide bonds. The maximum Gasteiger partial charge on any atom is 0.128 e. The maximum atomic E-state index is 6.31. The Morgan fingerprint density at radius 1 is 1.24 bits per heavy atom. The van der Waals surface area contributed by atoms with Crippen molar-refractivity contribution in [3.63, 3.8) is 0 Å². The zero-order valence-electron chi connectivity index (χ0n) is 11.1. The van der Waals surface area contributed by atoms with Gasteiger partial charge in [0, 0.05) is 17.2 Å². The third-order valence-electron chi connectivity index (χ3n) is 4.93. The van der Waals surface area contributed by atoms with Crippen molar-refractivity contribution in [2.45, 2.75) is 57.7 Å². The molecule has 0 bridgehead atoms. The molecule has 0 aromatic heterocycles. The van der Waals surface area contributed by atoms with Crippen LogP contribution in [0.5, 0.6) is 0 Å². The van der Waals surface area contributed by atoms with Crippen molar-refractivity contribution >= 4 is 11.8 Å². The second kappa shape index (κ2) is 4.43. The number of rotatable bonds is 1. The molecule has 3 heteroatoms. The van der Waals surface area contributed by atoms with Gasteiger partial charge in [0.15, 0.2) is 0 Å². The smallest absolute Gasteiger partial charge is 0.128 e. The highest BCUT2D eigenvalue weighted by molar-refractivity contribution is 7.99. The SMILES string of the molecule is CC(C)C1NC2(CCCSC2)OCC12CCC2. The van der Waals surface area contributed by atoms with Crippen LogP contribution in [0.1, 0.15) is 46.0 Å². The minimum absolute atomic E-state index is 0.0126. The van der Waals surface area contributed by atoms with Crippen molar-refractivity contribution in [3.8, 4) is 0 Å². The molecule has 2 aliphatic heterocycles. The molecule has 98 valence electrons. The third kappa shape index (κ3) is 2.04. The van der Waals surface area contributed by atoms with Gasteiger partial charge in [-0.05, 0) is 37.4 Å². The molecule has 1 saturated carbocycles. The predicted molar refractivity (Wildman–Crippen MR) is 73.3 cm³/mol. The van der Waals surface area contributed by atoms with Crippen molar-refractivity contribution < 1.29 is 4.74 Å². The van der Waals surface area contributed by atoms with Gasteiger partial charge in [0.05, 0.1) is 6.61 Å². The number of ether oxygens (including phenoxy) is 1. The molecule has 3 fully saturated rings. The van der Waals surface area contributed by atoms with Gasteiger partial charge >= 0.3 is 0 Å². The van der Waals surface area contributed by atoms with E-state index in [1.54, 1.807) is 0 Å². The Bertz CT molecular complexity index is 282. The van der Waals surface area contributed by atoms with Gasteiger partial charge < -0.3 is 4.74 Å². The molecular formula is C14H25NOS. The monoisotopic (exact) mass is 255 g/mol.